The van der Waals surface area contributed by atoms with Gasteiger partial charge >= 0.3 is 0 Å². The van der Waals surface area contributed by atoms with E-state index >= 15 is 0 Å². The highest BCUT2D eigenvalue weighted by Gasteiger charge is 2.29. The highest BCUT2D eigenvalue weighted by molar-refractivity contribution is 6.43. The molecule has 7 heteroatoms. The summed E-state index contributed by atoms with van der Waals surface area (Å²) in [6.07, 6.45) is 2.24. The molecule has 0 spiro atoms. The maximum absolute atomic E-state index is 13.1. The third-order valence-corrected chi connectivity index (χ3v) is 6.26. The van der Waals surface area contributed by atoms with Gasteiger partial charge in [-0.15, -0.1) is 0 Å². The summed E-state index contributed by atoms with van der Waals surface area (Å²) in [5, 5.41) is 7.39. The lowest BCUT2D eigenvalue weighted by atomic mass is 10.0. The van der Waals surface area contributed by atoms with E-state index in [0.29, 0.717) is 23.5 Å². The van der Waals surface area contributed by atoms with E-state index in [1.807, 2.05) is 61.5 Å². The van der Waals surface area contributed by atoms with Crippen LogP contribution in [0, 0.1) is 13.8 Å². The lowest BCUT2D eigenvalue weighted by Gasteiger charge is -2.29. The zero-order valence-corrected chi connectivity index (χ0v) is 19.4. The second-order valence-corrected chi connectivity index (χ2v) is 8.33. The molecule has 0 aliphatic carbocycles. The normalized spacial score (nSPS) is 14.8. The predicted molar refractivity (Wildman–Crippen MR) is 127 cm³/mol. The molecule has 1 saturated heterocycles. The number of nitrogens with one attached hydrogen (secondary N) is 1. The van der Waals surface area contributed by atoms with Gasteiger partial charge in [0.15, 0.2) is 0 Å². The molecule has 1 aromatic heterocycles. The summed E-state index contributed by atoms with van der Waals surface area (Å²) in [6.45, 7) is 5.81. The van der Waals surface area contributed by atoms with Crippen molar-refractivity contribution in [2.75, 3.05) is 26.7 Å². The minimum Gasteiger partial charge on any atom is -0.496 e. The molecule has 2 aromatic carbocycles. The van der Waals surface area contributed by atoms with Gasteiger partial charge in [-0.2, -0.15) is 5.10 Å². The molecule has 2 heterocycles. The van der Waals surface area contributed by atoms with Crippen LogP contribution in [0.15, 0.2) is 54.6 Å². The maximum Gasteiger partial charge on any atom is 0.292 e. The van der Waals surface area contributed by atoms with Gasteiger partial charge in [-0.25, -0.2) is 4.68 Å². The smallest absolute Gasteiger partial charge is 0.292 e. The number of methoxy groups -OCH3 is 1. The molecule has 0 radical (unpaired) electrons. The zero-order valence-electron chi connectivity index (χ0n) is 19.4. The number of hydrogen-bond acceptors (Lipinski definition) is 5. The number of ketones is 1. The number of carbonyl (C=O) groups excluding carboxylic acids is 2. The molecule has 0 unspecified atom stereocenters. The maximum atomic E-state index is 13.1. The lowest BCUT2D eigenvalue weighted by molar-refractivity contribution is -0.117. The minimum atomic E-state index is -0.618. The van der Waals surface area contributed by atoms with Gasteiger partial charge in [0.2, 0.25) is 0 Å². The Morgan fingerprint density at radius 1 is 1.03 bits per heavy atom. The Bertz CT molecular complexity index is 1130. The molecular formula is C26H30N4O3. The fourth-order valence-corrected chi connectivity index (χ4v) is 4.61. The number of ether oxygens (including phenoxy) is 1. The van der Waals surface area contributed by atoms with E-state index in [0.717, 1.165) is 42.9 Å². The Kier molecular flexibility index (Phi) is 6.89. The molecule has 0 saturated carbocycles. The Labute approximate surface area is 194 Å². The van der Waals surface area contributed by atoms with Gasteiger partial charge in [-0.3, -0.25) is 14.5 Å². The van der Waals surface area contributed by atoms with E-state index in [9.17, 15) is 9.59 Å². The van der Waals surface area contributed by atoms with Crippen molar-refractivity contribution in [1.82, 2.24) is 20.0 Å². The largest absolute Gasteiger partial charge is 0.496 e. The van der Waals surface area contributed by atoms with Crippen LogP contribution < -0.4 is 10.1 Å². The number of carbonyl (C=O) groups is 2. The van der Waals surface area contributed by atoms with Crippen LogP contribution in [-0.4, -0.2) is 53.1 Å². The first-order valence-corrected chi connectivity index (χ1v) is 11.3. The van der Waals surface area contributed by atoms with E-state index < -0.39 is 11.7 Å². The standard InChI is InChI=1S/C26H30N4O3/c1-18-24(19(2)30(28-18)20-11-5-4-6-12-20)25(31)26(32)27-17-22(29-15-9-10-16-29)21-13-7-8-14-23(21)33-3/h4-8,11-14,22H,9-10,15-17H2,1-3H3,(H,27,32)/t22-/m0/s1. The molecule has 1 amide bonds. The van der Waals surface area contributed by atoms with E-state index in [1.165, 1.54) is 0 Å². The van der Waals surface area contributed by atoms with Crippen LogP contribution in [0.5, 0.6) is 5.75 Å². The summed E-state index contributed by atoms with van der Waals surface area (Å²) in [7, 11) is 1.65. The minimum absolute atomic E-state index is 0.0605. The van der Waals surface area contributed by atoms with Crippen molar-refractivity contribution >= 4 is 11.7 Å². The van der Waals surface area contributed by atoms with Crippen molar-refractivity contribution in [3.63, 3.8) is 0 Å². The van der Waals surface area contributed by atoms with Gasteiger partial charge in [0.25, 0.3) is 11.7 Å². The molecule has 1 aliphatic heterocycles. The first-order chi connectivity index (χ1) is 16.0. The average Bonchev–Trinajstić information content (AvgIpc) is 3.47. The number of aryl methyl sites for hydroxylation is 1. The Balaban J connectivity index is 1.54. The van der Waals surface area contributed by atoms with E-state index in [2.05, 4.69) is 15.3 Å². The summed E-state index contributed by atoms with van der Waals surface area (Å²) in [4.78, 5) is 28.4. The van der Waals surface area contributed by atoms with E-state index in [4.69, 9.17) is 4.74 Å². The van der Waals surface area contributed by atoms with Crippen molar-refractivity contribution in [1.29, 1.82) is 0 Å². The van der Waals surface area contributed by atoms with Gasteiger partial charge in [0, 0.05) is 12.1 Å². The number of aromatic nitrogens is 2. The summed E-state index contributed by atoms with van der Waals surface area (Å²) < 4.78 is 7.27. The second kappa shape index (κ2) is 10.0. The molecule has 172 valence electrons. The Morgan fingerprint density at radius 2 is 1.70 bits per heavy atom. The topological polar surface area (TPSA) is 76.5 Å². The van der Waals surface area contributed by atoms with Gasteiger partial charge < -0.3 is 10.1 Å². The third-order valence-electron chi connectivity index (χ3n) is 6.26. The number of nitrogens with zero attached hydrogens (tertiary/aromatic N) is 3. The van der Waals surface area contributed by atoms with Crippen LogP contribution in [0.1, 0.15) is 46.2 Å². The van der Waals surface area contributed by atoms with Crippen LogP contribution >= 0.6 is 0 Å². The third kappa shape index (κ3) is 4.68. The molecule has 1 atom stereocenters. The second-order valence-electron chi connectivity index (χ2n) is 8.33. The molecule has 1 N–H and O–H groups in total. The summed E-state index contributed by atoms with van der Waals surface area (Å²) in [5.74, 6) is -0.397. The van der Waals surface area contributed by atoms with Gasteiger partial charge in [-0.1, -0.05) is 36.4 Å². The molecule has 1 fully saturated rings. The molecular weight excluding hydrogens is 416 g/mol. The van der Waals surface area contributed by atoms with Crippen LogP contribution in [0.25, 0.3) is 5.69 Å². The number of rotatable bonds is 8. The first-order valence-electron chi connectivity index (χ1n) is 11.3. The quantitative estimate of drug-likeness (QED) is 0.422. The highest BCUT2D eigenvalue weighted by atomic mass is 16.5. The molecule has 4 rings (SSSR count). The molecule has 33 heavy (non-hydrogen) atoms. The summed E-state index contributed by atoms with van der Waals surface area (Å²) >= 11 is 0. The Hall–Kier alpha value is -3.45. The van der Waals surface area contributed by atoms with Crippen molar-refractivity contribution < 1.29 is 14.3 Å². The predicted octanol–water partition coefficient (Wildman–Crippen LogP) is 3.63. The molecule has 0 bridgehead atoms. The van der Waals surface area contributed by atoms with Crippen molar-refractivity contribution in [3.05, 3.63) is 77.1 Å². The fraction of sp³-hybridized carbons (Fsp3) is 0.346. The van der Waals surface area contributed by atoms with Crippen LogP contribution in [-0.2, 0) is 4.79 Å². The summed E-state index contributed by atoms with van der Waals surface area (Å²) in [5.41, 5.74) is 3.41. The number of para-hydroxylation sites is 2. The van der Waals surface area contributed by atoms with Gasteiger partial charge in [0.1, 0.15) is 5.75 Å². The van der Waals surface area contributed by atoms with Crippen molar-refractivity contribution in [3.8, 4) is 11.4 Å². The Morgan fingerprint density at radius 3 is 2.39 bits per heavy atom. The highest BCUT2D eigenvalue weighted by Crippen LogP contribution is 2.31. The number of benzene rings is 2. The number of Topliss-reactive ketones (excluding diaryl/α,β-unsaturated/α-hetero) is 1. The molecule has 1 aliphatic rings. The lowest BCUT2D eigenvalue weighted by Crippen LogP contribution is -2.39. The van der Waals surface area contributed by atoms with Crippen molar-refractivity contribution in [2.24, 2.45) is 0 Å². The summed E-state index contributed by atoms with van der Waals surface area (Å²) in [6, 6.07) is 17.4. The van der Waals surface area contributed by atoms with Crippen LogP contribution in [0.3, 0.4) is 0 Å². The average molecular weight is 447 g/mol. The van der Waals surface area contributed by atoms with Gasteiger partial charge in [0.05, 0.1) is 35.8 Å². The van der Waals surface area contributed by atoms with E-state index in [1.54, 1.807) is 18.7 Å². The van der Waals surface area contributed by atoms with Crippen LogP contribution in [0.2, 0.25) is 0 Å². The fourth-order valence-electron chi connectivity index (χ4n) is 4.61. The van der Waals surface area contributed by atoms with Gasteiger partial charge in [-0.05, 0) is 58.0 Å². The first kappa shape index (κ1) is 22.7. The van der Waals surface area contributed by atoms with E-state index in [-0.39, 0.29) is 6.04 Å². The number of hydrogen-bond donors (Lipinski definition) is 1. The van der Waals surface area contributed by atoms with Crippen molar-refractivity contribution in [2.45, 2.75) is 32.7 Å². The molecule has 3 aromatic rings. The number of amides is 1. The van der Waals surface area contributed by atoms with Crippen LogP contribution in [0.4, 0.5) is 0 Å². The molecule has 7 nitrogen and oxygen atoms in total. The number of likely N-dealkylation sites (tertiary alicyclic amines) is 1. The monoisotopic (exact) mass is 446 g/mol. The SMILES string of the molecule is COc1ccccc1[C@H](CNC(=O)C(=O)c1c(C)nn(-c2ccccc2)c1C)N1CCCC1. The zero-order chi connectivity index (χ0) is 23.4.